The highest BCUT2D eigenvalue weighted by atomic mass is 16.3. The molecule has 0 spiro atoms. The highest BCUT2D eigenvalue weighted by Gasteiger charge is 2.22. The number of hydrogen-bond donors (Lipinski definition) is 5. The minimum Gasteiger partial charge on any atom is -0.395 e. The number of carbonyl (C=O) groups is 1. The Morgan fingerprint density at radius 1 is 0.968 bits per heavy atom. The van der Waals surface area contributed by atoms with E-state index in [4.69, 9.17) is 16.6 Å². The molecule has 7 heteroatoms. The van der Waals surface area contributed by atoms with Gasteiger partial charge in [0.25, 0.3) is 0 Å². The summed E-state index contributed by atoms with van der Waals surface area (Å²) in [4.78, 5) is 14.1. The van der Waals surface area contributed by atoms with Crippen LogP contribution in [0.2, 0.25) is 0 Å². The maximum absolute atomic E-state index is 10.4. The summed E-state index contributed by atoms with van der Waals surface area (Å²) in [6.45, 7) is 1.96. The van der Waals surface area contributed by atoms with Gasteiger partial charge in [0.05, 0.1) is 30.4 Å². The molecule has 1 amide bonds. The molecule has 0 radical (unpaired) electrons. The molecule has 0 fully saturated rings. The molecular formula is C24H45N3O4. The van der Waals surface area contributed by atoms with Gasteiger partial charge in [-0.2, -0.15) is 0 Å². The van der Waals surface area contributed by atoms with Gasteiger partial charge in [-0.3, -0.25) is 9.78 Å². The van der Waals surface area contributed by atoms with Crippen LogP contribution in [0.1, 0.15) is 101 Å². The van der Waals surface area contributed by atoms with Crippen molar-refractivity contribution in [2.75, 3.05) is 6.61 Å². The number of hydrogen-bond acceptors (Lipinski definition) is 6. The van der Waals surface area contributed by atoms with Gasteiger partial charge in [0.2, 0.25) is 5.91 Å². The van der Waals surface area contributed by atoms with Crippen molar-refractivity contribution in [1.29, 1.82) is 0 Å². The van der Waals surface area contributed by atoms with Crippen molar-refractivity contribution < 1.29 is 20.1 Å². The zero-order valence-corrected chi connectivity index (χ0v) is 19.3. The third-order valence-corrected chi connectivity index (χ3v) is 5.34. The summed E-state index contributed by atoms with van der Waals surface area (Å²) in [6.07, 6.45) is 17.1. The molecule has 1 heterocycles. The van der Waals surface area contributed by atoms with Crippen molar-refractivity contribution in [2.45, 2.75) is 109 Å². The molecule has 0 saturated carbocycles. The summed E-state index contributed by atoms with van der Waals surface area (Å²) in [5.74, 6) is -0.442. The number of carbonyl (C=O) groups excluding carboxylic acids is 1. The van der Waals surface area contributed by atoms with E-state index >= 15 is 0 Å². The molecule has 180 valence electrons. The highest BCUT2D eigenvalue weighted by molar-refractivity contribution is 5.92. The Morgan fingerprint density at radius 2 is 1.48 bits per heavy atom. The molecule has 0 bridgehead atoms. The van der Waals surface area contributed by atoms with Crippen LogP contribution < -0.4 is 11.5 Å². The molecule has 1 aromatic rings. The molecule has 0 aliphatic heterocycles. The first-order chi connectivity index (χ1) is 14.9. The second-order valence-corrected chi connectivity index (χ2v) is 8.19. The van der Waals surface area contributed by atoms with Crippen LogP contribution in [0.4, 0.5) is 0 Å². The zero-order chi connectivity index (χ0) is 23.3. The lowest BCUT2D eigenvalue weighted by Gasteiger charge is -2.22. The van der Waals surface area contributed by atoms with Crippen LogP contribution in [-0.4, -0.2) is 51.1 Å². The van der Waals surface area contributed by atoms with Crippen molar-refractivity contribution in [3.63, 3.8) is 0 Å². The van der Waals surface area contributed by atoms with Crippen LogP contribution in [0.5, 0.6) is 0 Å². The van der Waals surface area contributed by atoms with Gasteiger partial charge in [0.15, 0.2) is 0 Å². The second kappa shape index (κ2) is 20.4. The van der Waals surface area contributed by atoms with E-state index < -0.39 is 24.2 Å². The number of nitrogens with zero attached hydrogens (tertiary/aromatic N) is 1. The number of rotatable bonds is 17. The van der Waals surface area contributed by atoms with Gasteiger partial charge in [-0.1, -0.05) is 84.0 Å². The average molecular weight is 440 g/mol. The quantitative estimate of drug-likeness (QED) is 0.236. The lowest BCUT2D eigenvalue weighted by molar-refractivity contribution is -0.0121. The average Bonchev–Trinajstić information content (AvgIpc) is 2.79. The number of pyridine rings is 1. The Kier molecular flexibility index (Phi) is 19.4. The van der Waals surface area contributed by atoms with Gasteiger partial charge >= 0.3 is 0 Å². The van der Waals surface area contributed by atoms with E-state index in [-0.39, 0.29) is 6.61 Å². The van der Waals surface area contributed by atoms with Crippen molar-refractivity contribution in [3.8, 4) is 0 Å². The topological polar surface area (TPSA) is 143 Å². The van der Waals surface area contributed by atoms with Gasteiger partial charge in [-0.25, -0.2) is 0 Å². The summed E-state index contributed by atoms with van der Waals surface area (Å²) in [5.41, 5.74) is 10.9. The molecule has 0 aliphatic rings. The van der Waals surface area contributed by atoms with E-state index in [1.807, 2.05) is 0 Å². The normalized spacial score (nSPS) is 13.7. The van der Waals surface area contributed by atoms with E-state index in [1.54, 1.807) is 18.3 Å². The number of aromatic nitrogens is 1. The van der Waals surface area contributed by atoms with E-state index in [2.05, 4.69) is 11.9 Å². The number of aliphatic hydroxyl groups is 3. The first-order valence-electron chi connectivity index (χ1n) is 11.9. The Morgan fingerprint density at radius 3 is 1.87 bits per heavy atom. The predicted octanol–water partition coefficient (Wildman–Crippen LogP) is 3.30. The van der Waals surface area contributed by atoms with E-state index in [1.165, 1.54) is 70.4 Å². The Bertz CT molecular complexity index is 531. The van der Waals surface area contributed by atoms with Crippen LogP contribution in [0.3, 0.4) is 0 Å². The molecule has 7 N–H and O–H groups in total. The fourth-order valence-electron chi connectivity index (χ4n) is 3.27. The minimum atomic E-state index is -1.02. The molecule has 1 rings (SSSR count). The number of nitrogens with two attached hydrogens (primary N) is 2. The lowest BCUT2D eigenvalue weighted by Crippen LogP contribution is -2.45. The predicted molar refractivity (Wildman–Crippen MR) is 126 cm³/mol. The van der Waals surface area contributed by atoms with E-state index in [9.17, 15) is 15.0 Å². The maximum atomic E-state index is 10.4. The summed E-state index contributed by atoms with van der Waals surface area (Å²) >= 11 is 0. The fraction of sp³-hybridized carbons (Fsp3) is 0.750. The first kappa shape index (κ1) is 29.5. The van der Waals surface area contributed by atoms with Crippen LogP contribution >= 0.6 is 0 Å². The molecule has 0 aromatic carbocycles. The summed E-state index contributed by atoms with van der Waals surface area (Å²) in [7, 11) is 0. The maximum Gasteiger partial charge on any atom is 0.250 e. The third kappa shape index (κ3) is 16.8. The zero-order valence-electron chi connectivity index (χ0n) is 19.3. The summed E-state index contributed by atoms with van der Waals surface area (Å²) in [5, 5.41) is 28.2. The number of primary amides is 1. The minimum absolute atomic E-state index is 0.295. The fourth-order valence-corrected chi connectivity index (χ4v) is 3.27. The smallest absolute Gasteiger partial charge is 0.250 e. The SMILES string of the molecule is CCCCCCCCCCCCCC[C@@H](O)[C@@H](O)[C@@H](N)CO.NC(=O)c1cccnc1. The molecule has 0 aliphatic carbocycles. The second-order valence-electron chi connectivity index (χ2n) is 8.19. The first-order valence-corrected chi connectivity index (χ1v) is 11.9. The number of aliphatic hydroxyl groups excluding tert-OH is 3. The van der Waals surface area contributed by atoms with Crippen LogP contribution in [0.15, 0.2) is 24.5 Å². The molecule has 31 heavy (non-hydrogen) atoms. The molecule has 1 aromatic heterocycles. The van der Waals surface area contributed by atoms with Gasteiger partial charge in [0, 0.05) is 12.4 Å². The van der Waals surface area contributed by atoms with Gasteiger partial charge < -0.3 is 26.8 Å². The Balaban J connectivity index is 0.000000823. The van der Waals surface area contributed by atoms with Crippen molar-refractivity contribution >= 4 is 5.91 Å². The Hall–Kier alpha value is -1.54. The van der Waals surface area contributed by atoms with Crippen LogP contribution in [0, 0.1) is 0 Å². The molecule has 0 unspecified atom stereocenters. The monoisotopic (exact) mass is 439 g/mol. The lowest BCUT2D eigenvalue weighted by atomic mass is 10.00. The summed E-state index contributed by atoms with van der Waals surface area (Å²) in [6, 6.07) is 2.54. The molecule has 3 atom stereocenters. The third-order valence-electron chi connectivity index (χ3n) is 5.34. The highest BCUT2D eigenvalue weighted by Crippen LogP contribution is 2.14. The standard InChI is InChI=1S/C18H39NO3.C6H6N2O/c1-2-3-4-5-6-7-8-9-10-11-12-13-14-17(21)18(22)16(19)15-20;7-6(9)5-2-1-3-8-4-5/h16-18,20-22H,2-15,19H2,1H3;1-4H,(H2,7,9)/t16-,17+,18-;/m0./s1. The number of amides is 1. The molecular weight excluding hydrogens is 394 g/mol. The number of unbranched alkanes of at least 4 members (excludes halogenated alkanes) is 11. The van der Waals surface area contributed by atoms with Gasteiger partial charge in [-0.05, 0) is 18.6 Å². The van der Waals surface area contributed by atoms with Crippen molar-refractivity contribution in [3.05, 3.63) is 30.1 Å². The van der Waals surface area contributed by atoms with Gasteiger partial charge in [0.1, 0.15) is 0 Å². The Labute approximate surface area is 188 Å². The van der Waals surface area contributed by atoms with Crippen molar-refractivity contribution in [1.82, 2.24) is 4.98 Å². The van der Waals surface area contributed by atoms with Crippen molar-refractivity contribution in [2.24, 2.45) is 11.5 Å². The van der Waals surface area contributed by atoms with Crippen LogP contribution in [-0.2, 0) is 0 Å². The largest absolute Gasteiger partial charge is 0.395 e. The van der Waals surface area contributed by atoms with Gasteiger partial charge in [-0.15, -0.1) is 0 Å². The van der Waals surface area contributed by atoms with E-state index in [0.717, 1.165) is 12.8 Å². The van der Waals surface area contributed by atoms with E-state index in [0.29, 0.717) is 12.0 Å². The molecule has 0 saturated heterocycles. The summed E-state index contributed by atoms with van der Waals surface area (Å²) < 4.78 is 0. The molecule has 7 nitrogen and oxygen atoms in total. The van der Waals surface area contributed by atoms with Crippen LogP contribution in [0.25, 0.3) is 0 Å².